The maximum absolute atomic E-state index is 4.00. The smallest absolute Gasteiger partial charge is 0.130 e. The molecule has 0 amide bonds. The first kappa shape index (κ1) is 66.0. The molecule has 20 N–H and O–H groups in total. The minimum Gasteiger partial charge on any atom is -0.373 e. The molecule has 17 rings (SSSR count). The first-order valence-electron chi connectivity index (χ1n) is 29.3. The summed E-state index contributed by atoms with van der Waals surface area (Å²) in [5.41, 5.74) is 37.4. The monoisotopic (exact) mass is 1250 g/mol. The van der Waals surface area contributed by atoms with Gasteiger partial charge in [-0.25, -0.2) is 31.0 Å². The predicted octanol–water partition coefficient (Wildman–Crippen LogP) is -4.85. The van der Waals surface area contributed by atoms with Crippen molar-refractivity contribution < 1.29 is 0 Å². The number of benzene rings is 1. The molecule has 0 atom stereocenters. The second kappa shape index (κ2) is 41.2. The Bertz CT molecular complexity index is 2140. The molecule has 0 radical (unpaired) electrons. The molecule has 16 aliphatic rings. The fourth-order valence-electron chi connectivity index (χ4n) is 8.44. The van der Waals surface area contributed by atoms with Crippen LogP contribution >= 0.6 is 0 Å². The maximum Gasteiger partial charge on any atom is 0.130 e. The van der Waals surface area contributed by atoms with Crippen LogP contribution in [0.2, 0.25) is 0 Å². The molecule has 1 aromatic carbocycles. The Morgan fingerprint density at radius 3 is 0.956 bits per heavy atom. The highest BCUT2D eigenvalue weighted by atomic mass is 15.7. The Balaban J connectivity index is 0.000000131. The molecule has 0 aliphatic carbocycles. The van der Waals surface area contributed by atoms with Crippen molar-refractivity contribution in [1.82, 2.24) is 157 Å². The Morgan fingerprint density at radius 1 is 0.344 bits per heavy atom. The van der Waals surface area contributed by atoms with Crippen molar-refractivity contribution >= 4 is 43.1 Å². The van der Waals surface area contributed by atoms with Crippen LogP contribution in [-0.4, -0.2) is 238 Å². The highest BCUT2D eigenvalue weighted by Crippen LogP contribution is 2.24. The van der Waals surface area contributed by atoms with E-state index in [4.69, 9.17) is 0 Å². The van der Waals surface area contributed by atoms with Crippen LogP contribution in [0.4, 0.5) is 11.4 Å². The molecule has 490 valence electrons. The fraction of sp³-hybridized carbons (Fsp3) is 0.431. The van der Waals surface area contributed by atoms with E-state index >= 15 is 0 Å². The van der Waals surface area contributed by atoms with Gasteiger partial charge < -0.3 is 111 Å². The summed E-state index contributed by atoms with van der Waals surface area (Å²) in [5.74, 6) is 0. The van der Waals surface area contributed by atoms with Crippen molar-refractivity contribution in [2.75, 3.05) is 157 Å². The third-order valence-electron chi connectivity index (χ3n) is 12.8. The van der Waals surface area contributed by atoms with Crippen LogP contribution in [0.25, 0.3) is 0 Å². The van der Waals surface area contributed by atoms with Gasteiger partial charge in [0, 0.05) is 113 Å². The lowest BCUT2D eigenvalue weighted by atomic mass is 10.3. The number of hydrogen-bond acceptors (Lipinski definition) is 39. The van der Waals surface area contributed by atoms with Gasteiger partial charge in [0.25, 0.3) is 0 Å². The SMILES string of the molecule is C1=CN(CN2C=CNC2)CN1.C1=CN(CN2C=CNC2)CN1.C1=CNCN1.C1=CNN(CN2CC=CN2)C1.C1=CNN(CN2CC=CN2)C1.C1=NCN(CN2CN=CN2)N1.C1=NCN(CN2CN=CN2)N1.C1=NCNN1.C1N=NNN1.c1ccc2c(c1)NCN2. The van der Waals surface area contributed by atoms with Gasteiger partial charge in [0.15, 0.2) is 0 Å². The number of para-hydroxylation sites is 2. The van der Waals surface area contributed by atoms with E-state index in [1.165, 1.54) is 11.4 Å². The Kier molecular flexibility index (Phi) is 30.2. The number of fused-ring (bicyclic) bond motifs is 1. The standard InChI is InChI=1S/4C7H12N4.C7H8N2.2C5H10N6.C3H6N2.C2H5N3.CH4N4/c2*1-3-10(5-8-1)7-11-4-2-9-6-11;2*1-3-8-10(5-1)7-11-6-2-4-9-11;1-2-4-7-6(3-1)8-5-9-7;2*1-6-3-10(8-1)5-11-4-7-2-9-11;1-2-5-3-4-1;1-3-2-5-4-1;1-2-4-5-3-1/h4*1-4,8-9H,5-7H2;1-4,8-9H,5H2;2*1-2H,3-5H2,(H,6,8)(H,7,9);1-2,4-5H,3H2;1,5H,2H2,(H,3,4);1H2,(H,2,5)(H,3,4). The first-order chi connectivity index (χ1) is 44.7. The average Bonchev–Trinajstić information content (AvgIpc) is 4.57. The molecule has 0 fully saturated rings. The maximum atomic E-state index is 4.00. The lowest BCUT2D eigenvalue weighted by Crippen LogP contribution is -2.45. The zero-order valence-corrected chi connectivity index (χ0v) is 50.6. The summed E-state index contributed by atoms with van der Waals surface area (Å²) >= 11 is 0. The zero-order chi connectivity index (χ0) is 61.8. The molecule has 0 bridgehead atoms. The molecular formula is C51H91N39. The first-order valence-corrected chi connectivity index (χ1v) is 29.3. The van der Waals surface area contributed by atoms with Gasteiger partial charge in [0.2, 0.25) is 0 Å². The lowest BCUT2D eigenvalue weighted by molar-refractivity contribution is 0.114. The zero-order valence-electron chi connectivity index (χ0n) is 50.6. The highest BCUT2D eigenvalue weighted by molar-refractivity contribution is 5.72. The third-order valence-corrected chi connectivity index (χ3v) is 12.8. The van der Waals surface area contributed by atoms with E-state index in [2.05, 4.69) is 244 Å². The van der Waals surface area contributed by atoms with E-state index in [9.17, 15) is 0 Å². The van der Waals surface area contributed by atoms with E-state index in [1.807, 2.05) is 94.2 Å². The molecule has 0 spiro atoms. The summed E-state index contributed by atoms with van der Waals surface area (Å²) < 4.78 is 0. The number of nitrogens with zero attached hydrogens (tertiary/aromatic N) is 19. The van der Waals surface area contributed by atoms with E-state index in [0.29, 0.717) is 40.0 Å². The number of hydrogen-bond donors (Lipinski definition) is 20. The minimum absolute atomic E-state index is 0.597. The fourth-order valence-corrected chi connectivity index (χ4v) is 8.44. The van der Waals surface area contributed by atoms with E-state index in [1.54, 1.807) is 31.7 Å². The molecule has 0 saturated heterocycles. The normalized spacial score (nSPS) is 21.3. The van der Waals surface area contributed by atoms with Gasteiger partial charge in [-0.1, -0.05) is 41.7 Å². The van der Waals surface area contributed by atoms with Crippen molar-refractivity contribution in [1.29, 1.82) is 0 Å². The van der Waals surface area contributed by atoms with Crippen LogP contribution in [0.15, 0.2) is 171 Å². The molecule has 39 heteroatoms. The van der Waals surface area contributed by atoms with Crippen LogP contribution in [-0.2, 0) is 0 Å². The van der Waals surface area contributed by atoms with Crippen molar-refractivity contribution in [3.05, 3.63) is 135 Å². The molecule has 39 nitrogen and oxygen atoms in total. The quantitative estimate of drug-likeness (QED) is 0.0933. The van der Waals surface area contributed by atoms with Crippen LogP contribution in [0, 0.1) is 0 Å². The lowest BCUT2D eigenvalue weighted by Gasteiger charge is -2.23. The third kappa shape index (κ3) is 27.4. The number of nitrogens with one attached hydrogen (secondary N) is 20. The van der Waals surface area contributed by atoms with Crippen molar-refractivity contribution in [3.63, 3.8) is 0 Å². The Hall–Kier alpha value is -9.97. The van der Waals surface area contributed by atoms with Gasteiger partial charge in [-0.05, 0) is 12.1 Å². The number of anilines is 2. The molecule has 0 aromatic heterocycles. The van der Waals surface area contributed by atoms with Gasteiger partial charge in [0.05, 0.1) is 123 Å². The summed E-state index contributed by atoms with van der Waals surface area (Å²) in [4.78, 5) is 28.6. The predicted molar refractivity (Wildman–Crippen MR) is 349 cm³/mol. The van der Waals surface area contributed by atoms with Crippen LogP contribution < -0.4 is 108 Å². The van der Waals surface area contributed by atoms with E-state index < -0.39 is 0 Å². The van der Waals surface area contributed by atoms with Gasteiger partial charge in [-0.2, -0.15) is 30.6 Å². The number of aliphatic imine (C=N–C) groups is 5. The second-order valence-corrected chi connectivity index (χ2v) is 19.9. The van der Waals surface area contributed by atoms with E-state index in [-0.39, 0.29) is 0 Å². The molecule has 16 heterocycles. The Labute approximate surface area is 525 Å². The Morgan fingerprint density at radius 2 is 0.733 bits per heavy atom. The summed E-state index contributed by atoms with van der Waals surface area (Å²) in [6, 6.07) is 8.18. The summed E-state index contributed by atoms with van der Waals surface area (Å²) in [6.07, 6.45) is 44.5. The summed E-state index contributed by atoms with van der Waals surface area (Å²) in [6.45, 7) is 18.8. The van der Waals surface area contributed by atoms with Gasteiger partial charge >= 0.3 is 0 Å². The molecule has 0 saturated carbocycles. The van der Waals surface area contributed by atoms with Crippen molar-refractivity contribution in [3.8, 4) is 0 Å². The number of rotatable bonds is 12. The molecule has 90 heavy (non-hydrogen) atoms. The van der Waals surface area contributed by atoms with E-state index in [0.717, 1.165) is 106 Å². The molecule has 16 aliphatic heterocycles. The summed E-state index contributed by atoms with van der Waals surface area (Å²) in [5, 5.41) is 47.9. The van der Waals surface area contributed by atoms with Gasteiger partial charge in [-0.15, -0.1) is 0 Å². The molecule has 0 unspecified atom stereocenters. The largest absolute Gasteiger partial charge is 0.373 e. The van der Waals surface area contributed by atoms with Crippen LogP contribution in [0.5, 0.6) is 0 Å². The van der Waals surface area contributed by atoms with Crippen molar-refractivity contribution in [2.24, 2.45) is 35.3 Å². The summed E-state index contributed by atoms with van der Waals surface area (Å²) in [7, 11) is 0. The van der Waals surface area contributed by atoms with Gasteiger partial charge in [0.1, 0.15) is 40.0 Å². The van der Waals surface area contributed by atoms with Crippen molar-refractivity contribution in [2.45, 2.75) is 0 Å². The van der Waals surface area contributed by atoms with Crippen LogP contribution in [0.3, 0.4) is 0 Å². The molecular weight excluding hydrogens is 1160 g/mol. The number of hydrazine groups is 10. The minimum atomic E-state index is 0.597. The van der Waals surface area contributed by atoms with Gasteiger partial charge in [-0.3, -0.25) is 25.0 Å². The highest BCUT2D eigenvalue weighted by Gasteiger charge is 2.17. The average molecular weight is 1250 g/mol. The second-order valence-electron chi connectivity index (χ2n) is 19.9. The van der Waals surface area contributed by atoms with Crippen LogP contribution in [0.1, 0.15) is 0 Å². The molecule has 1 aromatic rings. The topological polar surface area (TPSA) is 366 Å².